The lowest BCUT2D eigenvalue weighted by atomic mass is 9.89. The number of aliphatic hydroxyl groups excluding tert-OH is 1. The van der Waals surface area contributed by atoms with Gasteiger partial charge in [-0.2, -0.15) is 0 Å². The fraction of sp³-hybridized carbons (Fsp3) is 0.562. The summed E-state index contributed by atoms with van der Waals surface area (Å²) in [6, 6.07) is 6.38. The van der Waals surface area contributed by atoms with E-state index < -0.39 is 5.60 Å². The number of halogens is 1. The van der Waals surface area contributed by atoms with Gasteiger partial charge in [0, 0.05) is 38.3 Å². The Bertz CT molecular complexity index is 562. The van der Waals surface area contributed by atoms with Crippen molar-refractivity contribution in [1.29, 1.82) is 0 Å². The molecular formula is C16H21FN2O3. The van der Waals surface area contributed by atoms with Crippen LogP contribution in [-0.4, -0.2) is 63.8 Å². The normalized spacial score (nSPS) is 27.0. The van der Waals surface area contributed by atoms with Crippen molar-refractivity contribution in [3.63, 3.8) is 0 Å². The van der Waals surface area contributed by atoms with E-state index in [0.717, 1.165) is 0 Å². The predicted octanol–water partition coefficient (Wildman–Crippen LogP) is 0.356. The molecule has 0 bridgehead atoms. The molecule has 2 fully saturated rings. The number of nitrogens with zero attached hydrogens (tertiary/aromatic N) is 2. The molecular weight excluding hydrogens is 287 g/mol. The number of benzene rings is 1. The van der Waals surface area contributed by atoms with Crippen molar-refractivity contribution >= 4 is 5.91 Å². The third-order valence-electron chi connectivity index (χ3n) is 4.45. The fourth-order valence-electron chi connectivity index (χ4n) is 3.24. The number of likely N-dealkylation sites (tertiary alicyclic amines) is 2. The summed E-state index contributed by atoms with van der Waals surface area (Å²) in [5, 5.41) is 20.0. The van der Waals surface area contributed by atoms with E-state index in [0.29, 0.717) is 38.0 Å². The molecule has 2 N–H and O–H groups in total. The van der Waals surface area contributed by atoms with Crippen molar-refractivity contribution < 1.29 is 19.4 Å². The number of hydrogen-bond donors (Lipinski definition) is 2. The lowest BCUT2D eigenvalue weighted by Crippen LogP contribution is -2.62. The second kappa shape index (κ2) is 5.95. The first-order chi connectivity index (χ1) is 10.5. The lowest BCUT2D eigenvalue weighted by Gasteiger charge is -2.44. The first-order valence-electron chi connectivity index (χ1n) is 7.63. The van der Waals surface area contributed by atoms with Crippen molar-refractivity contribution in [2.24, 2.45) is 0 Å². The Kier molecular flexibility index (Phi) is 4.16. The highest BCUT2D eigenvalue weighted by molar-refractivity contribution is 5.86. The summed E-state index contributed by atoms with van der Waals surface area (Å²) >= 11 is 0. The molecule has 2 aliphatic rings. The highest BCUT2D eigenvalue weighted by Crippen LogP contribution is 2.27. The molecule has 22 heavy (non-hydrogen) atoms. The van der Waals surface area contributed by atoms with Gasteiger partial charge in [0.05, 0.1) is 6.10 Å². The molecule has 0 unspecified atom stereocenters. The van der Waals surface area contributed by atoms with Gasteiger partial charge in [-0.1, -0.05) is 18.2 Å². The Balaban J connectivity index is 1.68. The van der Waals surface area contributed by atoms with Crippen molar-refractivity contribution in [2.45, 2.75) is 31.1 Å². The highest BCUT2D eigenvalue weighted by Gasteiger charge is 2.45. The largest absolute Gasteiger partial charge is 0.390 e. The summed E-state index contributed by atoms with van der Waals surface area (Å²) in [4.78, 5) is 16.0. The summed E-state index contributed by atoms with van der Waals surface area (Å²) in [6.45, 7) is 1.91. The highest BCUT2D eigenvalue weighted by atomic mass is 19.1. The van der Waals surface area contributed by atoms with Gasteiger partial charge in [-0.25, -0.2) is 4.39 Å². The zero-order chi connectivity index (χ0) is 15.7. The van der Waals surface area contributed by atoms with Crippen LogP contribution < -0.4 is 0 Å². The zero-order valence-electron chi connectivity index (χ0n) is 12.4. The van der Waals surface area contributed by atoms with Gasteiger partial charge < -0.3 is 15.1 Å². The van der Waals surface area contributed by atoms with Crippen LogP contribution in [0.2, 0.25) is 0 Å². The Morgan fingerprint density at radius 3 is 2.73 bits per heavy atom. The molecule has 1 atom stereocenters. The summed E-state index contributed by atoms with van der Waals surface area (Å²) in [7, 11) is 0. The maximum absolute atomic E-state index is 13.7. The second-order valence-corrected chi connectivity index (χ2v) is 6.30. The number of carbonyl (C=O) groups excluding carboxylic acids is 1. The minimum absolute atomic E-state index is 0.177. The van der Waals surface area contributed by atoms with Crippen LogP contribution in [0.3, 0.4) is 0 Å². The van der Waals surface area contributed by atoms with Gasteiger partial charge in [-0.05, 0) is 18.9 Å². The number of piperidine rings is 1. The Hall–Kier alpha value is -1.50. The minimum atomic E-state index is -1.43. The fourth-order valence-corrected chi connectivity index (χ4v) is 3.24. The average Bonchev–Trinajstić information content (AvgIpc) is 2.45. The molecule has 2 saturated heterocycles. The molecule has 0 radical (unpaired) electrons. The quantitative estimate of drug-likeness (QED) is 0.843. The smallest absolute Gasteiger partial charge is 0.256 e. The van der Waals surface area contributed by atoms with Gasteiger partial charge >= 0.3 is 0 Å². The van der Waals surface area contributed by atoms with Crippen LogP contribution in [0.4, 0.5) is 4.39 Å². The van der Waals surface area contributed by atoms with Gasteiger partial charge in [0.1, 0.15) is 5.82 Å². The summed E-state index contributed by atoms with van der Waals surface area (Å²) in [6.07, 6.45) is 0.732. The number of β-amino-alcohol motifs (C(OH)–C–C–N with tert-alkyl or cyclic N) is 2. The first kappa shape index (κ1) is 15.4. The van der Waals surface area contributed by atoms with E-state index in [4.69, 9.17) is 0 Å². The van der Waals surface area contributed by atoms with Crippen LogP contribution in [0, 0.1) is 5.82 Å². The van der Waals surface area contributed by atoms with Gasteiger partial charge in [0.2, 0.25) is 0 Å². The van der Waals surface area contributed by atoms with E-state index in [1.54, 1.807) is 18.2 Å². The monoisotopic (exact) mass is 308 g/mol. The molecule has 0 saturated carbocycles. The zero-order valence-corrected chi connectivity index (χ0v) is 12.4. The lowest BCUT2D eigenvalue weighted by molar-refractivity contribution is -0.163. The van der Waals surface area contributed by atoms with Crippen LogP contribution in [-0.2, 0) is 11.3 Å². The average molecular weight is 308 g/mol. The number of carbonyl (C=O) groups is 1. The number of aliphatic hydroxyl groups is 2. The maximum Gasteiger partial charge on any atom is 0.256 e. The minimum Gasteiger partial charge on any atom is -0.390 e. The molecule has 1 aromatic rings. The molecule has 5 nitrogen and oxygen atoms in total. The SMILES string of the molecule is O=C1N(Cc2ccccc2F)CCC[C@@]1(O)CN1CC(O)C1. The number of rotatable bonds is 4. The molecule has 1 aromatic carbocycles. The van der Waals surface area contributed by atoms with Gasteiger partial charge in [0.25, 0.3) is 5.91 Å². The predicted molar refractivity (Wildman–Crippen MR) is 78.4 cm³/mol. The number of hydrogen-bond acceptors (Lipinski definition) is 4. The maximum atomic E-state index is 13.7. The van der Waals surface area contributed by atoms with Gasteiger partial charge in [0.15, 0.2) is 5.60 Å². The van der Waals surface area contributed by atoms with Crippen molar-refractivity contribution in [2.75, 3.05) is 26.2 Å². The van der Waals surface area contributed by atoms with E-state index in [9.17, 15) is 19.4 Å². The van der Waals surface area contributed by atoms with Crippen LogP contribution in [0.15, 0.2) is 24.3 Å². The molecule has 0 aliphatic carbocycles. The van der Waals surface area contributed by atoms with Gasteiger partial charge in [-0.3, -0.25) is 9.69 Å². The molecule has 0 aromatic heterocycles. The van der Waals surface area contributed by atoms with Gasteiger partial charge in [-0.15, -0.1) is 0 Å². The van der Waals surface area contributed by atoms with E-state index in [1.807, 2.05) is 4.90 Å². The molecule has 2 aliphatic heterocycles. The molecule has 6 heteroatoms. The van der Waals surface area contributed by atoms with Crippen molar-refractivity contribution in [1.82, 2.24) is 9.80 Å². The van der Waals surface area contributed by atoms with E-state index in [2.05, 4.69) is 0 Å². The third kappa shape index (κ3) is 2.99. The topological polar surface area (TPSA) is 64.0 Å². The van der Waals surface area contributed by atoms with Crippen molar-refractivity contribution in [3.8, 4) is 0 Å². The Morgan fingerprint density at radius 2 is 2.05 bits per heavy atom. The first-order valence-corrected chi connectivity index (χ1v) is 7.63. The molecule has 120 valence electrons. The number of amides is 1. The van der Waals surface area contributed by atoms with E-state index >= 15 is 0 Å². The van der Waals surface area contributed by atoms with Crippen LogP contribution in [0.25, 0.3) is 0 Å². The summed E-state index contributed by atoms with van der Waals surface area (Å²) < 4.78 is 13.7. The standard InChI is InChI=1S/C16H21FN2O3/c17-14-5-2-1-4-12(14)8-19-7-3-6-16(22,15(19)21)11-18-9-13(20)10-18/h1-2,4-5,13,20,22H,3,6-11H2/t16-/m1/s1. The van der Waals surface area contributed by atoms with Crippen LogP contribution in [0.1, 0.15) is 18.4 Å². The summed E-state index contributed by atoms with van der Waals surface area (Å²) in [5.74, 6) is -0.682. The van der Waals surface area contributed by atoms with Crippen LogP contribution in [0.5, 0.6) is 0 Å². The van der Waals surface area contributed by atoms with E-state index in [-0.39, 0.29) is 30.9 Å². The second-order valence-electron chi connectivity index (χ2n) is 6.30. The third-order valence-corrected chi connectivity index (χ3v) is 4.45. The molecule has 2 heterocycles. The van der Waals surface area contributed by atoms with Crippen LogP contribution >= 0.6 is 0 Å². The molecule has 0 spiro atoms. The van der Waals surface area contributed by atoms with E-state index in [1.165, 1.54) is 11.0 Å². The Morgan fingerprint density at radius 1 is 1.32 bits per heavy atom. The summed E-state index contributed by atoms with van der Waals surface area (Å²) in [5.41, 5.74) is -0.969. The van der Waals surface area contributed by atoms with Crippen molar-refractivity contribution in [3.05, 3.63) is 35.6 Å². The Labute approximate surface area is 129 Å². The molecule has 3 rings (SSSR count). The molecule has 1 amide bonds.